The third-order valence-electron chi connectivity index (χ3n) is 4.80. The number of aromatic nitrogens is 3. The fourth-order valence-corrected chi connectivity index (χ4v) is 3.81. The van der Waals surface area contributed by atoms with Crippen molar-refractivity contribution in [3.05, 3.63) is 81.7 Å². The molecule has 0 aliphatic heterocycles. The van der Waals surface area contributed by atoms with Crippen molar-refractivity contribution in [1.29, 1.82) is 0 Å². The van der Waals surface area contributed by atoms with Gasteiger partial charge in [-0.3, -0.25) is 4.79 Å². The van der Waals surface area contributed by atoms with Gasteiger partial charge in [0.1, 0.15) is 17.0 Å². The molecule has 28 heavy (non-hydrogen) atoms. The minimum absolute atomic E-state index is 0.139. The maximum atomic E-state index is 13.4. The molecule has 2 aromatic carbocycles. The summed E-state index contributed by atoms with van der Waals surface area (Å²) in [4.78, 5) is 22.7. The van der Waals surface area contributed by atoms with Crippen LogP contribution in [0.25, 0.3) is 38.7 Å². The van der Waals surface area contributed by atoms with E-state index in [-0.39, 0.29) is 5.56 Å². The highest BCUT2D eigenvalue weighted by atomic mass is 79.9. The normalized spacial score (nSPS) is 11.4. The van der Waals surface area contributed by atoms with E-state index in [1.54, 1.807) is 23.8 Å². The van der Waals surface area contributed by atoms with Crippen LogP contribution in [0.2, 0.25) is 0 Å². The minimum Gasteiger partial charge on any atom is -0.497 e. The van der Waals surface area contributed by atoms with Gasteiger partial charge < -0.3 is 4.74 Å². The predicted molar refractivity (Wildman–Crippen MR) is 114 cm³/mol. The number of pyridine rings is 2. The Labute approximate surface area is 168 Å². The molecule has 0 N–H and O–H groups in total. The number of hydrogen-bond acceptors (Lipinski definition) is 4. The van der Waals surface area contributed by atoms with E-state index in [0.29, 0.717) is 22.2 Å². The van der Waals surface area contributed by atoms with Crippen LogP contribution in [0.15, 0.2) is 76.1 Å². The van der Waals surface area contributed by atoms with Gasteiger partial charge in [-0.1, -0.05) is 28.1 Å². The zero-order valence-electron chi connectivity index (χ0n) is 14.9. The smallest absolute Gasteiger partial charge is 0.267 e. The molecule has 136 valence electrons. The van der Waals surface area contributed by atoms with Crippen LogP contribution in [-0.4, -0.2) is 21.5 Å². The highest BCUT2D eigenvalue weighted by Gasteiger charge is 2.15. The lowest BCUT2D eigenvalue weighted by atomic mass is 10.0. The highest BCUT2D eigenvalue weighted by molar-refractivity contribution is 9.10. The van der Waals surface area contributed by atoms with Crippen molar-refractivity contribution < 1.29 is 4.74 Å². The number of methoxy groups -OCH3 is 1. The van der Waals surface area contributed by atoms with Crippen molar-refractivity contribution in [1.82, 2.24) is 14.4 Å². The molecule has 5 rings (SSSR count). The van der Waals surface area contributed by atoms with Crippen molar-refractivity contribution in [2.24, 2.45) is 0 Å². The molecule has 0 unspecified atom stereocenters. The molecule has 5 aromatic rings. The maximum Gasteiger partial charge on any atom is 0.267 e. The van der Waals surface area contributed by atoms with E-state index in [4.69, 9.17) is 9.72 Å². The summed E-state index contributed by atoms with van der Waals surface area (Å²) in [5.41, 5.74) is 3.50. The molecule has 0 aliphatic rings. The zero-order chi connectivity index (χ0) is 19.3. The second-order valence-electron chi connectivity index (χ2n) is 6.44. The van der Waals surface area contributed by atoms with E-state index in [1.807, 2.05) is 54.6 Å². The van der Waals surface area contributed by atoms with Gasteiger partial charge in [0.2, 0.25) is 0 Å². The summed E-state index contributed by atoms with van der Waals surface area (Å²) in [6.07, 6.45) is 1.69. The zero-order valence-corrected chi connectivity index (χ0v) is 16.5. The van der Waals surface area contributed by atoms with Gasteiger partial charge in [0.25, 0.3) is 5.56 Å². The Hall–Kier alpha value is -3.25. The molecular weight excluding hydrogens is 418 g/mol. The topological polar surface area (TPSA) is 56.5 Å². The molecule has 0 saturated heterocycles. The number of benzene rings is 2. The first-order valence-electron chi connectivity index (χ1n) is 8.70. The molecule has 0 atom stereocenters. The van der Waals surface area contributed by atoms with Crippen molar-refractivity contribution in [3.8, 4) is 16.9 Å². The van der Waals surface area contributed by atoms with E-state index in [0.717, 1.165) is 26.7 Å². The Morgan fingerprint density at radius 3 is 2.61 bits per heavy atom. The first-order valence-corrected chi connectivity index (χ1v) is 9.49. The molecule has 6 heteroatoms. The molecule has 0 radical (unpaired) electrons. The van der Waals surface area contributed by atoms with E-state index < -0.39 is 0 Å². The van der Waals surface area contributed by atoms with Crippen LogP contribution < -0.4 is 10.3 Å². The Balaban J connectivity index is 1.98. The van der Waals surface area contributed by atoms with E-state index >= 15 is 0 Å². The third-order valence-corrected chi connectivity index (χ3v) is 5.29. The summed E-state index contributed by atoms with van der Waals surface area (Å²) in [7, 11) is 1.64. The number of hydrogen-bond donors (Lipinski definition) is 0. The minimum atomic E-state index is -0.139. The summed E-state index contributed by atoms with van der Waals surface area (Å²) >= 11 is 3.44. The molecule has 5 nitrogen and oxygen atoms in total. The van der Waals surface area contributed by atoms with Crippen LogP contribution in [-0.2, 0) is 0 Å². The molecule has 3 aromatic heterocycles. The standard InChI is InChI=1S/C22H14BrN3O2/c1-28-16-7-4-13(5-8-16)17-11-14-3-2-10-24-20(14)26-21(17)25-19-9-6-15(23)12-18(19)22(26)27/h2-12H,1H3. The van der Waals surface area contributed by atoms with Crippen molar-refractivity contribution >= 4 is 43.5 Å². The van der Waals surface area contributed by atoms with Crippen molar-refractivity contribution in [2.45, 2.75) is 0 Å². The van der Waals surface area contributed by atoms with E-state index in [2.05, 4.69) is 20.9 Å². The van der Waals surface area contributed by atoms with Crippen LogP contribution in [0.1, 0.15) is 0 Å². The first kappa shape index (κ1) is 16.9. The van der Waals surface area contributed by atoms with Gasteiger partial charge in [-0.25, -0.2) is 14.4 Å². The summed E-state index contributed by atoms with van der Waals surface area (Å²) in [6.45, 7) is 0. The second kappa shape index (κ2) is 6.42. The maximum absolute atomic E-state index is 13.4. The van der Waals surface area contributed by atoms with Crippen LogP contribution in [0.5, 0.6) is 5.75 Å². The van der Waals surface area contributed by atoms with Crippen LogP contribution >= 0.6 is 15.9 Å². The van der Waals surface area contributed by atoms with Crippen molar-refractivity contribution in [2.75, 3.05) is 7.11 Å². The van der Waals surface area contributed by atoms with Crippen LogP contribution in [0.3, 0.4) is 0 Å². The van der Waals surface area contributed by atoms with Gasteiger partial charge in [-0.15, -0.1) is 0 Å². The van der Waals surface area contributed by atoms with Gasteiger partial charge in [-0.05, 0) is 54.1 Å². The molecule has 3 heterocycles. The quantitative estimate of drug-likeness (QED) is 0.296. The van der Waals surface area contributed by atoms with E-state index in [9.17, 15) is 4.79 Å². The molecule has 0 saturated carbocycles. The lowest BCUT2D eigenvalue weighted by molar-refractivity contribution is 0.415. The number of fused-ring (bicyclic) bond motifs is 4. The summed E-state index contributed by atoms with van der Waals surface area (Å²) in [5, 5.41) is 1.42. The second-order valence-corrected chi connectivity index (χ2v) is 7.36. The average molecular weight is 432 g/mol. The lowest BCUT2D eigenvalue weighted by Gasteiger charge is -2.12. The Morgan fingerprint density at radius 1 is 1.00 bits per heavy atom. The monoisotopic (exact) mass is 431 g/mol. The van der Waals surface area contributed by atoms with Gasteiger partial charge >= 0.3 is 0 Å². The number of rotatable bonds is 2. The third kappa shape index (κ3) is 2.57. The highest BCUT2D eigenvalue weighted by Crippen LogP contribution is 2.29. The molecule has 0 bridgehead atoms. The van der Waals surface area contributed by atoms with Crippen LogP contribution in [0.4, 0.5) is 0 Å². The Bertz CT molecular complexity index is 1430. The molecule has 0 aliphatic carbocycles. The average Bonchev–Trinajstić information content (AvgIpc) is 2.74. The Kier molecular flexibility index (Phi) is 3.87. The molecule has 0 fully saturated rings. The number of halogens is 1. The molecule has 0 amide bonds. The first-order chi connectivity index (χ1) is 13.7. The number of ether oxygens (including phenoxy) is 1. The fourth-order valence-electron chi connectivity index (χ4n) is 3.45. The van der Waals surface area contributed by atoms with Gasteiger partial charge in [0, 0.05) is 21.6 Å². The van der Waals surface area contributed by atoms with Gasteiger partial charge in [0.15, 0.2) is 0 Å². The SMILES string of the molecule is COc1ccc(-c2cc3cccnc3n3c(=O)c4cc(Br)ccc4nc23)cc1. The number of nitrogens with zero attached hydrogens (tertiary/aromatic N) is 3. The van der Waals surface area contributed by atoms with Crippen LogP contribution in [0, 0.1) is 0 Å². The van der Waals surface area contributed by atoms with E-state index in [1.165, 1.54) is 0 Å². The largest absolute Gasteiger partial charge is 0.497 e. The van der Waals surface area contributed by atoms with Gasteiger partial charge in [0.05, 0.1) is 18.0 Å². The fraction of sp³-hybridized carbons (Fsp3) is 0.0455. The molecule has 0 spiro atoms. The summed E-state index contributed by atoms with van der Waals surface area (Å²) in [5.74, 6) is 0.774. The lowest BCUT2D eigenvalue weighted by Crippen LogP contribution is -2.17. The summed E-state index contributed by atoms with van der Waals surface area (Å²) < 4.78 is 7.70. The van der Waals surface area contributed by atoms with Crippen molar-refractivity contribution in [3.63, 3.8) is 0 Å². The molecular formula is C22H14BrN3O2. The van der Waals surface area contributed by atoms with Gasteiger partial charge in [-0.2, -0.15) is 0 Å². The summed E-state index contributed by atoms with van der Waals surface area (Å²) in [6, 6.07) is 19.1. The predicted octanol–water partition coefficient (Wildman–Crippen LogP) is 4.83. The Morgan fingerprint density at radius 2 is 1.82 bits per heavy atom.